The van der Waals surface area contributed by atoms with Gasteiger partial charge in [0, 0.05) is 0 Å². The minimum absolute atomic E-state index is 0.128. The summed E-state index contributed by atoms with van der Waals surface area (Å²) in [6.45, 7) is 4.90. The van der Waals surface area contributed by atoms with Crippen molar-refractivity contribution in [1.29, 1.82) is 0 Å². The van der Waals surface area contributed by atoms with Gasteiger partial charge in [-0.25, -0.2) is 4.79 Å². The molecule has 0 bridgehead atoms. The van der Waals surface area contributed by atoms with Crippen molar-refractivity contribution >= 4 is 29.2 Å². The van der Waals surface area contributed by atoms with Crippen molar-refractivity contribution in [3.63, 3.8) is 0 Å². The predicted molar refractivity (Wildman–Crippen MR) is 104 cm³/mol. The summed E-state index contributed by atoms with van der Waals surface area (Å²) >= 11 is 0. The molecule has 3 rings (SSSR count). The average Bonchev–Trinajstić information content (AvgIpc) is 2.66. The summed E-state index contributed by atoms with van der Waals surface area (Å²) in [4.78, 5) is 38.0. The van der Waals surface area contributed by atoms with E-state index in [1.54, 1.807) is 30.3 Å². The van der Waals surface area contributed by atoms with Crippen LogP contribution in [0.5, 0.6) is 5.75 Å². The summed E-state index contributed by atoms with van der Waals surface area (Å²) in [6, 6.07) is 12.6. The number of aryl methyl sites for hydroxylation is 2. The zero-order valence-electron chi connectivity index (χ0n) is 16.0. The van der Waals surface area contributed by atoms with E-state index in [1.807, 2.05) is 26.0 Å². The number of benzene rings is 2. The maximum Gasteiger partial charge on any atom is 0.344 e. The second kappa shape index (κ2) is 8.12. The van der Waals surface area contributed by atoms with Crippen LogP contribution in [0.2, 0.25) is 0 Å². The zero-order valence-corrected chi connectivity index (χ0v) is 16.0. The van der Waals surface area contributed by atoms with Gasteiger partial charge >= 0.3 is 5.97 Å². The molecule has 0 aliphatic carbocycles. The minimum Gasteiger partial charge on any atom is -0.482 e. The molecule has 1 heterocycles. The molecule has 0 saturated heterocycles. The third kappa shape index (κ3) is 4.31. The molecule has 1 aliphatic heterocycles. The molecule has 7 nitrogen and oxygen atoms in total. The number of nitrogens with zero attached hydrogens (tertiary/aromatic N) is 1. The number of ether oxygens (including phenoxy) is 2. The lowest BCUT2D eigenvalue weighted by molar-refractivity contribution is -0.155. The first kappa shape index (κ1) is 19.4. The summed E-state index contributed by atoms with van der Waals surface area (Å²) < 4.78 is 10.7. The van der Waals surface area contributed by atoms with Crippen LogP contribution in [0, 0.1) is 13.8 Å². The number of hydrogen-bond donors (Lipinski definition) is 1. The fourth-order valence-corrected chi connectivity index (χ4v) is 3.03. The average molecular weight is 382 g/mol. The van der Waals surface area contributed by atoms with Crippen LogP contribution in [0.15, 0.2) is 42.5 Å². The normalized spacial score (nSPS) is 14.0. The van der Waals surface area contributed by atoms with Gasteiger partial charge in [-0.15, -0.1) is 0 Å². The largest absolute Gasteiger partial charge is 0.482 e. The smallest absolute Gasteiger partial charge is 0.344 e. The molecule has 0 spiro atoms. The molecule has 2 amide bonds. The van der Waals surface area contributed by atoms with Crippen molar-refractivity contribution in [2.45, 2.75) is 26.9 Å². The number of esters is 1. The summed E-state index contributed by atoms with van der Waals surface area (Å²) in [5.41, 5.74) is 3.12. The Balaban J connectivity index is 1.61. The monoisotopic (exact) mass is 382 g/mol. The van der Waals surface area contributed by atoms with E-state index in [2.05, 4.69) is 5.32 Å². The highest BCUT2D eigenvalue weighted by Crippen LogP contribution is 2.29. The Bertz CT molecular complexity index is 925. The number of rotatable bonds is 5. The number of carbonyl (C=O) groups is 3. The lowest BCUT2D eigenvalue weighted by Gasteiger charge is -2.30. The zero-order chi connectivity index (χ0) is 20.3. The van der Waals surface area contributed by atoms with Crippen molar-refractivity contribution in [1.82, 2.24) is 0 Å². The maximum absolute atomic E-state index is 12.7. The van der Waals surface area contributed by atoms with E-state index in [0.29, 0.717) is 17.1 Å². The molecule has 28 heavy (non-hydrogen) atoms. The summed E-state index contributed by atoms with van der Waals surface area (Å²) in [5, 5.41) is 2.71. The van der Waals surface area contributed by atoms with Crippen molar-refractivity contribution < 1.29 is 23.9 Å². The molecule has 2 aromatic carbocycles. The Morgan fingerprint density at radius 2 is 1.93 bits per heavy atom. The predicted octanol–water partition coefficient (Wildman–Crippen LogP) is 2.60. The third-order valence-electron chi connectivity index (χ3n) is 4.37. The molecule has 0 aromatic heterocycles. The number of nitrogens with one attached hydrogen (secondary N) is 1. The molecule has 0 radical (unpaired) electrons. The van der Waals surface area contributed by atoms with Crippen molar-refractivity contribution in [2.24, 2.45) is 0 Å². The molecule has 1 N–H and O–H groups in total. The fraction of sp³-hybridized carbons (Fsp3) is 0.286. The molecular formula is C21H22N2O5. The first-order valence-corrected chi connectivity index (χ1v) is 8.95. The van der Waals surface area contributed by atoms with E-state index < -0.39 is 18.0 Å². The second-order valence-corrected chi connectivity index (χ2v) is 6.68. The van der Waals surface area contributed by atoms with E-state index in [9.17, 15) is 14.4 Å². The molecule has 7 heteroatoms. The number of fused-ring (bicyclic) bond motifs is 1. The number of amides is 2. The van der Waals surface area contributed by atoms with Gasteiger partial charge in [0.05, 0.1) is 11.4 Å². The molecule has 2 aromatic rings. The van der Waals surface area contributed by atoms with Gasteiger partial charge in [0.1, 0.15) is 12.3 Å². The first-order chi connectivity index (χ1) is 13.3. The SMILES string of the molecule is Cc1ccc(OCC(=O)O[C@@H](C)C(=O)N2CC(=O)Nc3ccccc32)c(C)c1. The van der Waals surface area contributed by atoms with Gasteiger partial charge in [-0.1, -0.05) is 29.8 Å². The van der Waals surface area contributed by atoms with Crippen LogP contribution in [-0.4, -0.2) is 37.0 Å². The van der Waals surface area contributed by atoms with E-state index in [1.165, 1.54) is 11.8 Å². The summed E-state index contributed by atoms with van der Waals surface area (Å²) in [7, 11) is 0. The van der Waals surface area contributed by atoms with Crippen LogP contribution in [0.25, 0.3) is 0 Å². The highest BCUT2D eigenvalue weighted by atomic mass is 16.6. The molecule has 0 fully saturated rings. The summed E-state index contributed by atoms with van der Waals surface area (Å²) in [5.74, 6) is -0.843. The number of para-hydroxylation sites is 2. The Morgan fingerprint density at radius 1 is 1.18 bits per heavy atom. The minimum atomic E-state index is -1.05. The molecule has 0 unspecified atom stereocenters. The van der Waals surface area contributed by atoms with Crippen LogP contribution < -0.4 is 15.0 Å². The van der Waals surface area contributed by atoms with Crippen LogP contribution in [-0.2, 0) is 19.1 Å². The highest BCUT2D eigenvalue weighted by Gasteiger charge is 2.31. The van der Waals surface area contributed by atoms with Crippen LogP contribution >= 0.6 is 0 Å². The lowest BCUT2D eigenvalue weighted by Crippen LogP contribution is -2.47. The number of anilines is 2. The Kier molecular flexibility index (Phi) is 5.63. The molecule has 146 valence electrons. The van der Waals surface area contributed by atoms with Crippen molar-refractivity contribution in [2.75, 3.05) is 23.4 Å². The van der Waals surface area contributed by atoms with Gasteiger partial charge in [-0.3, -0.25) is 14.5 Å². The Labute approximate surface area is 163 Å². The Hall–Kier alpha value is -3.35. The van der Waals surface area contributed by atoms with Crippen molar-refractivity contribution in [3.05, 3.63) is 53.6 Å². The van der Waals surface area contributed by atoms with Gasteiger partial charge in [0.25, 0.3) is 5.91 Å². The summed E-state index contributed by atoms with van der Waals surface area (Å²) in [6.07, 6.45) is -1.05. The number of carbonyl (C=O) groups excluding carboxylic acids is 3. The van der Waals surface area contributed by atoms with Gasteiger partial charge < -0.3 is 14.8 Å². The lowest BCUT2D eigenvalue weighted by atomic mass is 10.1. The van der Waals surface area contributed by atoms with Crippen molar-refractivity contribution in [3.8, 4) is 5.75 Å². The van der Waals surface area contributed by atoms with E-state index in [4.69, 9.17) is 9.47 Å². The quantitative estimate of drug-likeness (QED) is 0.804. The molecular weight excluding hydrogens is 360 g/mol. The van der Waals surface area contributed by atoms with Gasteiger partial charge in [0.15, 0.2) is 12.7 Å². The van der Waals surface area contributed by atoms with Crippen LogP contribution in [0.1, 0.15) is 18.1 Å². The number of hydrogen-bond acceptors (Lipinski definition) is 5. The van der Waals surface area contributed by atoms with Gasteiger partial charge in [-0.2, -0.15) is 0 Å². The standard InChI is InChI=1S/C21H22N2O5/c1-13-8-9-18(14(2)10-13)27-12-20(25)28-15(3)21(26)23-11-19(24)22-16-6-4-5-7-17(16)23/h4-10,15H,11-12H2,1-3H3,(H,22,24)/t15-/m0/s1. The van der Waals surface area contributed by atoms with Gasteiger partial charge in [0.2, 0.25) is 5.91 Å². The first-order valence-electron chi connectivity index (χ1n) is 8.95. The van der Waals surface area contributed by atoms with Gasteiger partial charge in [-0.05, 0) is 44.5 Å². The van der Waals surface area contributed by atoms with E-state index >= 15 is 0 Å². The maximum atomic E-state index is 12.7. The van der Waals surface area contributed by atoms with E-state index in [0.717, 1.165) is 11.1 Å². The molecule has 1 atom stereocenters. The Morgan fingerprint density at radius 3 is 2.68 bits per heavy atom. The van der Waals surface area contributed by atoms with Crippen LogP contribution in [0.4, 0.5) is 11.4 Å². The fourth-order valence-electron chi connectivity index (χ4n) is 3.03. The topological polar surface area (TPSA) is 84.9 Å². The van der Waals surface area contributed by atoms with E-state index in [-0.39, 0.29) is 19.1 Å². The van der Waals surface area contributed by atoms with Crippen LogP contribution in [0.3, 0.4) is 0 Å². The second-order valence-electron chi connectivity index (χ2n) is 6.68. The third-order valence-corrected chi connectivity index (χ3v) is 4.37. The highest BCUT2D eigenvalue weighted by molar-refractivity contribution is 6.11. The molecule has 1 aliphatic rings. The molecule has 0 saturated carbocycles.